The Morgan fingerprint density at radius 1 is 0.260 bits per heavy atom. The summed E-state index contributed by atoms with van der Waals surface area (Å²) in [5.74, 6) is -0.959. The van der Waals surface area contributed by atoms with E-state index in [2.05, 4.69) is 179 Å². The van der Waals surface area contributed by atoms with E-state index in [0.29, 0.717) is 19.3 Å². The van der Waals surface area contributed by atoms with E-state index in [-0.39, 0.29) is 31.1 Å². The maximum Gasteiger partial charge on any atom is 0.306 e. The van der Waals surface area contributed by atoms with Crippen molar-refractivity contribution in [1.82, 2.24) is 0 Å². The molecule has 77 heavy (non-hydrogen) atoms. The highest BCUT2D eigenvalue weighted by atomic mass is 16.6. The topological polar surface area (TPSA) is 78.9 Å². The number of hydrogen-bond donors (Lipinski definition) is 0. The molecule has 0 rings (SSSR count). The summed E-state index contributed by atoms with van der Waals surface area (Å²) in [7, 11) is 0. The molecule has 1 atom stereocenters. The molecule has 0 aromatic heterocycles. The van der Waals surface area contributed by atoms with Crippen molar-refractivity contribution >= 4 is 17.9 Å². The monoisotopic (exact) mass is 1060 g/mol. The SMILES string of the molecule is CC/C=C\C/C=C\C/C=C\C/C=C\C/C=C\C/C=C\C/C=C\CCCCCCCCCC(=O)OCC(COC(=O)CCCCC/C=C\C/C=C\C/C=C\CC)OC(=O)CCCCCCCCC/C=C\C/C=C\C/C=C\CC. The van der Waals surface area contributed by atoms with Crippen LogP contribution in [0.15, 0.2) is 158 Å². The van der Waals surface area contributed by atoms with Gasteiger partial charge in [-0.3, -0.25) is 14.4 Å². The van der Waals surface area contributed by atoms with Crippen molar-refractivity contribution in [2.24, 2.45) is 0 Å². The molecule has 6 heteroatoms. The lowest BCUT2D eigenvalue weighted by atomic mass is 10.1. The molecule has 0 fully saturated rings. The molecule has 0 saturated carbocycles. The van der Waals surface area contributed by atoms with Gasteiger partial charge in [0.25, 0.3) is 0 Å². The van der Waals surface area contributed by atoms with E-state index in [0.717, 1.165) is 167 Å². The molecule has 0 saturated heterocycles. The van der Waals surface area contributed by atoms with Crippen LogP contribution in [-0.2, 0) is 28.6 Å². The van der Waals surface area contributed by atoms with Crippen LogP contribution < -0.4 is 0 Å². The summed E-state index contributed by atoms with van der Waals surface area (Å²) in [6.07, 6.45) is 92.4. The van der Waals surface area contributed by atoms with Crippen LogP contribution in [0.2, 0.25) is 0 Å². The summed E-state index contributed by atoms with van der Waals surface area (Å²) in [6, 6.07) is 0. The van der Waals surface area contributed by atoms with Gasteiger partial charge >= 0.3 is 17.9 Å². The largest absolute Gasteiger partial charge is 0.462 e. The van der Waals surface area contributed by atoms with Crippen molar-refractivity contribution in [3.8, 4) is 0 Å². The number of allylic oxidation sites excluding steroid dienone is 26. The molecule has 0 N–H and O–H groups in total. The first-order chi connectivity index (χ1) is 38.0. The van der Waals surface area contributed by atoms with Crippen LogP contribution >= 0.6 is 0 Å². The van der Waals surface area contributed by atoms with Crippen LogP contribution in [-0.4, -0.2) is 37.2 Å². The predicted octanol–water partition coefficient (Wildman–Crippen LogP) is 21.3. The van der Waals surface area contributed by atoms with E-state index < -0.39 is 6.10 Å². The molecule has 0 aliphatic rings. The molecule has 0 heterocycles. The van der Waals surface area contributed by atoms with Crippen LogP contribution in [0.3, 0.4) is 0 Å². The first kappa shape index (κ1) is 72.0. The van der Waals surface area contributed by atoms with Crippen molar-refractivity contribution < 1.29 is 28.6 Å². The molecule has 0 bridgehead atoms. The highest BCUT2D eigenvalue weighted by molar-refractivity contribution is 5.71. The van der Waals surface area contributed by atoms with Gasteiger partial charge < -0.3 is 14.2 Å². The zero-order chi connectivity index (χ0) is 55.7. The molecule has 0 aromatic carbocycles. The minimum absolute atomic E-state index is 0.104. The van der Waals surface area contributed by atoms with Gasteiger partial charge in [-0.1, -0.05) is 249 Å². The fourth-order valence-electron chi connectivity index (χ4n) is 7.98. The third-order valence-corrected chi connectivity index (χ3v) is 12.5. The Balaban J connectivity index is 4.38. The number of carbonyl (C=O) groups is 3. The minimum atomic E-state index is -0.809. The van der Waals surface area contributed by atoms with E-state index in [1.807, 2.05) is 0 Å². The standard InChI is InChI=1S/C71H112O6/c1-4-7-10-13-16-19-22-25-27-29-30-31-32-33-34-35-36-37-38-39-40-42-43-46-49-52-55-58-61-64-70(73)76-67-68(66-75-69(72)63-60-57-54-51-48-45-24-21-18-15-12-9-6-3)77-71(74)65-62-59-56-53-50-47-44-41-28-26-23-20-17-14-11-8-5-2/h7-12,16-21,25-28,30-31,33-34,36-37,39-40,45,48,68H,4-6,13-15,22-24,29,32,35,38,41-44,46-47,49-67H2,1-3H3/b10-7-,11-8-,12-9-,19-16-,20-17-,21-18-,27-25-,28-26-,31-30-,34-33-,37-36-,40-39-,48-45-. The van der Waals surface area contributed by atoms with Gasteiger partial charge in [-0.25, -0.2) is 0 Å². The quantitative estimate of drug-likeness (QED) is 0.0261. The van der Waals surface area contributed by atoms with Gasteiger partial charge in [0.2, 0.25) is 0 Å². The fourth-order valence-corrected chi connectivity index (χ4v) is 7.98. The summed E-state index contributed by atoms with van der Waals surface area (Å²) in [5.41, 5.74) is 0. The van der Waals surface area contributed by atoms with E-state index in [4.69, 9.17) is 14.2 Å². The maximum absolute atomic E-state index is 12.9. The van der Waals surface area contributed by atoms with Crippen molar-refractivity contribution in [3.63, 3.8) is 0 Å². The molecule has 1 unspecified atom stereocenters. The van der Waals surface area contributed by atoms with Crippen LogP contribution in [0.4, 0.5) is 0 Å². The number of hydrogen-bond acceptors (Lipinski definition) is 6. The van der Waals surface area contributed by atoms with Crippen molar-refractivity contribution in [3.05, 3.63) is 158 Å². The number of rotatable bonds is 54. The molecular weight excluding hydrogens is 949 g/mol. The molecule has 0 aliphatic carbocycles. The normalized spacial score (nSPS) is 13.2. The molecule has 6 nitrogen and oxygen atoms in total. The van der Waals surface area contributed by atoms with Gasteiger partial charge in [-0.15, -0.1) is 0 Å². The molecule has 432 valence electrons. The predicted molar refractivity (Wildman–Crippen MR) is 334 cm³/mol. The average Bonchev–Trinajstić information content (AvgIpc) is 3.43. The number of esters is 3. The van der Waals surface area contributed by atoms with Gasteiger partial charge in [0, 0.05) is 19.3 Å². The van der Waals surface area contributed by atoms with E-state index in [1.54, 1.807) is 0 Å². The van der Waals surface area contributed by atoms with Crippen LogP contribution in [0.1, 0.15) is 252 Å². The van der Waals surface area contributed by atoms with Gasteiger partial charge in [0.05, 0.1) is 0 Å². The maximum atomic E-state index is 12.9. The molecule has 0 amide bonds. The Morgan fingerprint density at radius 3 is 0.740 bits per heavy atom. The van der Waals surface area contributed by atoms with Crippen LogP contribution in [0.5, 0.6) is 0 Å². The molecule has 0 spiro atoms. The summed E-state index contributed by atoms with van der Waals surface area (Å²) >= 11 is 0. The summed E-state index contributed by atoms with van der Waals surface area (Å²) in [5, 5.41) is 0. The zero-order valence-corrected chi connectivity index (χ0v) is 49.4. The van der Waals surface area contributed by atoms with Crippen LogP contribution in [0, 0.1) is 0 Å². The lowest BCUT2D eigenvalue weighted by molar-refractivity contribution is -0.167. The third kappa shape index (κ3) is 61.8. The zero-order valence-electron chi connectivity index (χ0n) is 49.4. The Labute approximate surface area is 473 Å². The van der Waals surface area contributed by atoms with Gasteiger partial charge in [0.1, 0.15) is 13.2 Å². The average molecular weight is 1060 g/mol. The highest BCUT2D eigenvalue weighted by Crippen LogP contribution is 2.14. The Morgan fingerprint density at radius 2 is 0.468 bits per heavy atom. The Hall–Kier alpha value is -4.97. The second-order valence-corrected chi connectivity index (χ2v) is 19.8. The fraction of sp³-hybridized carbons (Fsp3) is 0.592. The highest BCUT2D eigenvalue weighted by Gasteiger charge is 2.19. The van der Waals surface area contributed by atoms with Crippen molar-refractivity contribution in [2.45, 2.75) is 258 Å². The van der Waals surface area contributed by atoms with Gasteiger partial charge in [-0.05, 0) is 141 Å². The second kappa shape index (κ2) is 63.6. The van der Waals surface area contributed by atoms with Crippen molar-refractivity contribution in [2.75, 3.05) is 13.2 Å². The summed E-state index contributed by atoms with van der Waals surface area (Å²) < 4.78 is 16.9. The summed E-state index contributed by atoms with van der Waals surface area (Å²) in [4.78, 5) is 38.2. The Kier molecular flexibility index (Phi) is 59.5. The minimum Gasteiger partial charge on any atom is -0.462 e. The third-order valence-electron chi connectivity index (χ3n) is 12.5. The van der Waals surface area contributed by atoms with Gasteiger partial charge in [0.15, 0.2) is 6.10 Å². The molecule has 0 radical (unpaired) electrons. The summed E-state index contributed by atoms with van der Waals surface area (Å²) in [6.45, 7) is 6.25. The Bertz CT molecular complexity index is 1740. The van der Waals surface area contributed by atoms with E-state index in [9.17, 15) is 14.4 Å². The number of ether oxygens (including phenoxy) is 3. The van der Waals surface area contributed by atoms with Gasteiger partial charge in [-0.2, -0.15) is 0 Å². The number of unbranched alkanes of at least 4 members (excludes halogenated alkanes) is 17. The second-order valence-electron chi connectivity index (χ2n) is 19.8. The lowest BCUT2D eigenvalue weighted by Gasteiger charge is -2.18. The van der Waals surface area contributed by atoms with E-state index in [1.165, 1.54) is 44.9 Å². The smallest absolute Gasteiger partial charge is 0.306 e. The van der Waals surface area contributed by atoms with Crippen molar-refractivity contribution in [1.29, 1.82) is 0 Å². The van der Waals surface area contributed by atoms with Crippen LogP contribution in [0.25, 0.3) is 0 Å². The lowest BCUT2D eigenvalue weighted by Crippen LogP contribution is -2.30. The first-order valence-corrected chi connectivity index (χ1v) is 31.0. The first-order valence-electron chi connectivity index (χ1n) is 31.0. The molecular formula is C71H112O6. The molecule has 0 aromatic rings. The number of carbonyl (C=O) groups excluding carboxylic acids is 3. The van der Waals surface area contributed by atoms with E-state index >= 15 is 0 Å². The molecule has 0 aliphatic heterocycles.